The maximum absolute atomic E-state index is 11.5. The molecule has 20 heavy (non-hydrogen) atoms. The molecule has 0 aromatic heterocycles. The van der Waals surface area contributed by atoms with Crippen molar-refractivity contribution in [2.75, 3.05) is 6.61 Å². The number of carbonyl (C=O) groups is 2. The maximum Gasteiger partial charge on any atom is 0.306 e. The van der Waals surface area contributed by atoms with Crippen molar-refractivity contribution in [3.8, 4) is 0 Å². The number of esters is 2. The number of hydrogen-bond acceptors (Lipinski definition) is 4. The minimum atomic E-state index is -0.128. The van der Waals surface area contributed by atoms with Gasteiger partial charge in [-0.1, -0.05) is 33.1 Å². The SMILES string of the molecule is CCCCOC(=O)CCCCCC(=O)OC(C)CCC. The molecule has 0 amide bonds. The van der Waals surface area contributed by atoms with Gasteiger partial charge in [-0.05, 0) is 32.6 Å². The first-order valence-electron chi connectivity index (χ1n) is 7.95. The molecule has 0 aliphatic heterocycles. The van der Waals surface area contributed by atoms with Crippen molar-refractivity contribution < 1.29 is 19.1 Å². The number of carbonyl (C=O) groups excluding carboxylic acids is 2. The van der Waals surface area contributed by atoms with E-state index in [9.17, 15) is 9.59 Å². The summed E-state index contributed by atoms with van der Waals surface area (Å²) in [5, 5.41) is 0. The fourth-order valence-electron chi connectivity index (χ4n) is 1.87. The van der Waals surface area contributed by atoms with Crippen LogP contribution in [0.15, 0.2) is 0 Å². The summed E-state index contributed by atoms with van der Waals surface area (Å²) in [6.07, 6.45) is 7.22. The third-order valence-electron chi connectivity index (χ3n) is 3.05. The summed E-state index contributed by atoms with van der Waals surface area (Å²) in [5.74, 6) is -0.255. The first kappa shape index (κ1) is 18.9. The first-order valence-corrected chi connectivity index (χ1v) is 7.95. The molecule has 4 heteroatoms. The molecule has 0 spiro atoms. The van der Waals surface area contributed by atoms with Crippen LogP contribution in [0.3, 0.4) is 0 Å². The summed E-state index contributed by atoms with van der Waals surface area (Å²) in [6.45, 7) is 6.59. The number of hydrogen-bond donors (Lipinski definition) is 0. The normalized spacial score (nSPS) is 11.9. The zero-order chi connectivity index (χ0) is 15.2. The molecule has 0 aromatic carbocycles. The molecule has 0 saturated heterocycles. The Hall–Kier alpha value is -1.06. The second kappa shape index (κ2) is 12.9. The van der Waals surface area contributed by atoms with E-state index in [0.717, 1.165) is 44.9 Å². The van der Waals surface area contributed by atoms with Crippen molar-refractivity contribution in [2.45, 2.75) is 84.7 Å². The van der Waals surface area contributed by atoms with E-state index in [1.807, 2.05) is 6.92 Å². The summed E-state index contributed by atoms with van der Waals surface area (Å²) < 4.78 is 10.3. The number of unbranched alkanes of at least 4 members (excludes halogenated alkanes) is 3. The Kier molecular flexibility index (Phi) is 12.3. The van der Waals surface area contributed by atoms with E-state index < -0.39 is 0 Å². The lowest BCUT2D eigenvalue weighted by Gasteiger charge is -2.11. The fraction of sp³-hybridized carbons (Fsp3) is 0.875. The van der Waals surface area contributed by atoms with Crippen molar-refractivity contribution in [1.29, 1.82) is 0 Å². The van der Waals surface area contributed by atoms with Crippen LogP contribution in [0.5, 0.6) is 0 Å². The van der Waals surface area contributed by atoms with Crippen LogP contribution in [-0.4, -0.2) is 24.6 Å². The summed E-state index contributed by atoms with van der Waals surface area (Å²) >= 11 is 0. The molecule has 0 bridgehead atoms. The van der Waals surface area contributed by atoms with E-state index in [1.165, 1.54) is 0 Å². The summed E-state index contributed by atoms with van der Waals surface area (Å²) in [5.41, 5.74) is 0. The standard InChI is InChI=1S/C16H30O4/c1-4-6-13-19-15(17)11-8-7-9-12-16(18)20-14(3)10-5-2/h14H,4-13H2,1-3H3. The molecular weight excluding hydrogens is 256 g/mol. The molecule has 0 fully saturated rings. The topological polar surface area (TPSA) is 52.6 Å². The molecule has 0 heterocycles. The Balaban J connectivity index is 3.43. The molecule has 1 unspecified atom stereocenters. The highest BCUT2D eigenvalue weighted by molar-refractivity contribution is 5.70. The van der Waals surface area contributed by atoms with Crippen LogP contribution < -0.4 is 0 Å². The van der Waals surface area contributed by atoms with Crippen LogP contribution in [0.4, 0.5) is 0 Å². The summed E-state index contributed by atoms with van der Waals surface area (Å²) in [6, 6.07) is 0. The molecule has 4 nitrogen and oxygen atoms in total. The second-order valence-corrected chi connectivity index (χ2v) is 5.22. The van der Waals surface area contributed by atoms with Gasteiger partial charge in [0.25, 0.3) is 0 Å². The Morgan fingerprint density at radius 2 is 1.55 bits per heavy atom. The quantitative estimate of drug-likeness (QED) is 0.402. The van der Waals surface area contributed by atoms with Crippen LogP contribution in [0.2, 0.25) is 0 Å². The van der Waals surface area contributed by atoms with Gasteiger partial charge in [-0.2, -0.15) is 0 Å². The monoisotopic (exact) mass is 286 g/mol. The van der Waals surface area contributed by atoms with E-state index in [-0.39, 0.29) is 18.0 Å². The van der Waals surface area contributed by atoms with Crippen LogP contribution >= 0.6 is 0 Å². The van der Waals surface area contributed by atoms with Crippen molar-refractivity contribution >= 4 is 11.9 Å². The molecule has 0 aromatic rings. The average Bonchev–Trinajstić information content (AvgIpc) is 2.38. The molecule has 0 radical (unpaired) electrons. The highest BCUT2D eigenvalue weighted by Gasteiger charge is 2.08. The van der Waals surface area contributed by atoms with E-state index >= 15 is 0 Å². The maximum atomic E-state index is 11.5. The van der Waals surface area contributed by atoms with E-state index in [1.54, 1.807) is 0 Å². The van der Waals surface area contributed by atoms with Crippen LogP contribution in [0.25, 0.3) is 0 Å². The Morgan fingerprint density at radius 1 is 0.900 bits per heavy atom. The zero-order valence-corrected chi connectivity index (χ0v) is 13.3. The molecular formula is C16H30O4. The number of ether oxygens (including phenoxy) is 2. The van der Waals surface area contributed by atoms with E-state index in [4.69, 9.17) is 9.47 Å². The van der Waals surface area contributed by atoms with Crippen molar-refractivity contribution in [2.24, 2.45) is 0 Å². The van der Waals surface area contributed by atoms with Gasteiger partial charge in [-0.15, -0.1) is 0 Å². The second-order valence-electron chi connectivity index (χ2n) is 5.22. The van der Waals surface area contributed by atoms with Crippen LogP contribution in [0, 0.1) is 0 Å². The third-order valence-corrected chi connectivity index (χ3v) is 3.05. The molecule has 1 atom stereocenters. The van der Waals surface area contributed by atoms with Gasteiger partial charge in [-0.25, -0.2) is 0 Å². The van der Waals surface area contributed by atoms with Gasteiger partial charge < -0.3 is 9.47 Å². The van der Waals surface area contributed by atoms with Gasteiger partial charge in [0.05, 0.1) is 12.7 Å². The third kappa shape index (κ3) is 12.0. The van der Waals surface area contributed by atoms with E-state index in [2.05, 4.69) is 13.8 Å². The van der Waals surface area contributed by atoms with Crippen molar-refractivity contribution in [1.82, 2.24) is 0 Å². The van der Waals surface area contributed by atoms with E-state index in [0.29, 0.717) is 19.4 Å². The lowest BCUT2D eigenvalue weighted by atomic mass is 10.1. The predicted molar refractivity (Wildman–Crippen MR) is 79.4 cm³/mol. The Bertz CT molecular complexity index is 263. The lowest BCUT2D eigenvalue weighted by molar-refractivity contribution is -0.148. The number of rotatable bonds is 12. The van der Waals surface area contributed by atoms with Crippen molar-refractivity contribution in [3.05, 3.63) is 0 Å². The molecule has 0 N–H and O–H groups in total. The Morgan fingerprint density at radius 3 is 2.15 bits per heavy atom. The lowest BCUT2D eigenvalue weighted by Crippen LogP contribution is -2.14. The van der Waals surface area contributed by atoms with Crippen LogP contribution in [0.1, 0.15) is 78.6 Å². The largest absolute Gasteiger partial charge is 0.466 e. The minimum Gasteiger partial charge on any atom is -0.466 e. The highest BCUT2D eigenvalue weighted by Crippen LogP contribution is 2.08. The van der Waals surface area contributed by atoms with Crippen molar-refractivity contribution in [3.63, 3.8) is 0 Å². The van der Waals surface area contributed by atoms with Gasteiger partial charge in [0, 0.05) is 12.8 Å². The van der Waals surface area contributed by atoms with Crippen LogP contribution in [-0.2, 0) is 19.1 Å². The predicted octanol–water partition coefficient (Wildman–Crippen LogP) is 4.01. The molecule has 118 valence electrons. The molecule has 0 rings (SSSR count). The van der Waals surface area contributed by atoms with Gasteiger partial charge in [0.2, 0.25) is 0 Å². The smallest absolute Gasteiger partial charge is 0.306 e. The molecule has 0 aliphatic rings. The molecule has 0 aliphatic carbocycles. The highest BCUT2D eigenvalue weighted by atomic mass is 16.5. The summed E-state index contributed by atoms with van der Waals surface area (Å²) in [7, 11) is 0. The molecule has 0 saturated carbocycles. The van der Waals surface area contributed by atoms with Gasteiger partial charge in [0.1, 0.15) is 0 Å². The van der Waals surface area contributed by atoms with Gasteiger partial charge >= 0.3 is 11.9 Å². The minimum absolute atomic E-state index is 0.0149. The summed E-state index contributed by atoms with van der Waals surface area (Å²) in [4.78, 5) is 22.8. The fourth-order valence-corrected chi connectivity index (χ4v) is 1.87. The first-order chi connectivity index (χ1) is 9.60. The zero-order valence-electron chi connectivity index (χ0n) is 13.3. The Labute approximate surface area is 123 Å². The average molecular weight is 286 g/mol. The van der Waals surface area contributed by atoms with Gasteiger partial charge in [0.15, 0.2) is 0 Å². The van der Waals surface area contributed by atoms with Gasteiger partial charge in [-0.3, -0.25) is 9.59 Å².